The summed E-state index contributed by atoms with van der Waals surface area (Å²) in [6.45, 7) is 2.63. The third-order valence-electron chi connectivity index (χ3n) is 3.90. The maximum atomic E-state index is 12.0. The molecule has 1 saturated heterocycles. The van der Waals surface area contributed by atoms with Crippen LogP contribution in [0.5, 0.6) is 0 Å². The Labute approximate surface area is 128 Å². The Hall–Kier alpha value is -2.28. The van der Waals surface area contributed by atoms with Gasteiger partial charge in [0.1, 0.15) is 12.4 Å². The number of hydrogen-bond donors (Lipinski definition) is 3. The first-order valence-corrected chi connectivity index (χ1v) is 7.55. The van der Waals surface area contributed by atoms with Gasteiger partial charge in [0, 0.05) is 12.7 Å². The molecule has 1 aromatic rings. The van der Waals surface area contributed by atoms with E-state index in [-0.39, 0.29) is 18.6 Å². The minimum atomic E-state index is -0.383. The van der Waals surface area contributed by atoms with E-state index in [9.17, 15) is 9.59 Å². The van der Waals surface area contributed by atoms with Crippen LogP contribution in [0, 0.1) is 0 Å². The topological polar surface area (TPSA) is 86.5 Å². The second-order valence-electron chi connectivity index (χ2n) is 5.53. The lowest BCUT2D eigenvalue weighted by atomic mass is 10.1. The van der Waals surface area contributed by atoms with Crippen molar-refractivity contribution in [2.24, 2.45) is 0 Å². The Morgan fingerprint density at radius 2 is 2.09 bits per heavy atom. The van der Waals surface area contributed by atoms with E-state index in [4.69, 9.17) is 4.74 Å². The lowest BCUT2D eigenvalue weighted by molar-refractivity contribution is -0.136. The van der Waals surface area contributed by atoms with Crippen molar-refractivity contribution < 1.29 is 14.3 Å². The van der Waals surface area contributed by atoms with Crippen LogP contribution in [0.15, 0.2) is 29.6 Å². The summed E-state index contributed by atoms with van der Waals surface area (Å²) in [6, 6.07) is 3.16. The molecule has 0 bridgehead atoms. The molecule has 0 spiro atoms. The van der Waals surface area contributed by atoms with Crippen molar-refractivity contribution in [2.45, 2.75) is 19.3 Å². The molecule has 0 radical (unpaired) electrons. The van der Waals surface area contributed by atoms with Crippen LogP contribution >= 0.6 is 0 Å². The molecule has 0 aliphatic carbocycles. The summed E-state index contributed by atoms with van der Waals surface area (Å²) < 4.78 is 5.07. The second kappa shape index (κ2) is 6.65. The van der Waals surface area contributed by atoms with Gasteiger partial charge >= 0.3 is 12.0 Å². The van der Waals surface area contributed by atoms with Crippen LogP contribution in [-0.2, 0) is 9.53 Å². The molecule has 2 aliphatic rings. The summed E-state index contributed by atoms with van der Waals surface area (Å²) >= 11 is 0. The first-order valence-electron chi connectivity index (χ1n) is 7.55. The molecule has 0 atom stereocenters. The minimum absolute atomic E-state index is 0.125. The van der Waals surface area contributed by atoms with Gasteiger partial charge in [-0.3, -0.25) is 10.2 Å². The summed E-state index contributed by atoms with van der Waals surface area (Å²) in [7, 11) is 0. The molecule has 3 N–H and O–H groups in total. The fourth-order valence-electron chi connectivity index (χ4n) is 2.75. The highest BCUT2D eigenvalue weighted by Crippen LogP contribution is 2.18. The van der Waals surface area contributed by atoms with Crippen molar-refractivity contribution in [3.05, 3.63) is 29.6 Å². The number of carbonyl (C=O) groups is 2. The molecular formula is C15H20N4O3. The fourth-order valence-corrected chi connectivity index (χ4v) is 2.75. The average molecular weight is 304 g/mol. The van der Waals surface area contributed by atoms with Crippen molar-refractivity contribution in [1.82, 2.24) is 15.2 Å². The number of piperidine rings is 1. The Morgan fingerprint density at radius 3 is 2.82 bits per heavy atom. The van der Waals surface area contributed by atoms with E-state index in [2.05, 4.69) is 20.5 Å². The van der Waals surface area contributed by atoms with Crippen LogP contribution in [-0.4, -0.2) is 48.1 Å². The molecule has 3 heterocycles. The van der Waals surface area contributed by atoms with E-state index in [0.717, 1.165) is 25.9 Å². The van der Waals surface area contributed by atoms with Crippen LogP contribution in [0.4, 0.5) is 10.6 Å². The first-order chi connectivity index (χ1) is 10.7. The van der Waals surface area contributed by atoms with E-state index in [0.29, 0.717) is 23.6 Å². The number of nitrogens with zero attached hydrogens (tertiary/aromatic N) is 1. The highest BCUT2D eigenvalue weighted by Gasteiger charge is 2.28. The van der Waals surface area contributed by atoms with Crippen molar-refractivity contribution in [3.8, 4) is 0 Å². The van der Waals surface area contributed by atoms with Gasteiger partial charge in [-0.1, -0.05) is 6.42 Å². The third-order valence-corrected chi connectivity index (χ3v) is 3.90. The molecule has 1 fully saturated rings. The standard InChI is InChI=1S/C15H20N4O3/c20-14-11(9-19-7-2-1-3-8-19)12(10-22-14)17-15(21)18-13-5-4-6-16-13/h4-6,16H,1-3,7-10H2,(H2,17,18,21). The number of aromatic nitrogens is 1. The Balaban J connectivity index is 1.63. The highest BCUT2D eigenvalue weighted by atomic mass is 16.5. The van der Waals surface area contributed by atoms with Gasteiger partial charge in [0.2, 0.25) is 0 Å². The molecule has 22 heavy (non-hydrogen) atoms. The molecule has 1 aromatic heterocycles. The van der Waals surface area contributed by atoms with Gasteiger partial charge in [-0.15, -0.1) is 0 Å². The van der Waals surface area contributed by atoms with Gasteiger partial charge in [-0.2, -0.15) is 0 Å². The number of rotatable bonds is 4. The number of cyclic esters (lactones) is 1. The maximum Gasteiger partial charge on any atom is 0.337 e. The van der Waals surface area contributed by atoms with Crippen LogP contribution in [0.1, 0.15) is 19.3 Å². The predicted molar refractivity (Wildman–Crippen MR) is 81.2 cm³/mol. The van der Waals surface area contributed by atoms with E-state index in [1.54, 1.807) is 18.3 Å². The minimum Gasteiger partial charge on any atom is -0.456 e. The van der Waals surface area contributed by atoms with Gasteiger partial charge in [0.25, 0.3) is 0 Å². The number of likely N-dealkylation sites (tertiary alicyclic amines) is 1. The fraction of sp³-hybridized carbons (Fsp3) is 0.467. The van der Waals surface area contributed by atoms with E-state index in [1.807, 2.05) is 0 Å². The van der Waals surface area contributed by atoms with E-state index >= 15 is 0 Å². The van der Waals surface area contributed by atoms with Crippen LogP contribution in [0.2, 0.25) is 0 Å². The molecule has 118 valence electrons. The summed E-state index contributed by atoms with van der Waals surface area (Å²) in [5.41, 5.74) is 1.11. The molecule has 7 nitrogen and oxygen atoms in total. The predicted octanol–water partition coefficient (Wildman–Crippen LogP) is 1.43. The Kier molecular flexibility index (Phi) is 4.43. The summed E-state index contributed by atoms with van der Waals surface area (Å²) in [5.74, 6) is 0.265. The normalized spacial score (nSPS) is 19.2. The molecular weight excluding hydrogens is 284 g/mol. The van der Waals surface area contributed by atoms with E-state index in [1.165, 1.54) is 6.42 Å². The Morgan fingerprint density at radius 1 is 1.27 bits per heavy atom. The van der Waals surface area contributed by atoms with Crippen molar-refractivity contribution in [2.75, 3.05) is 31.6 Å². The van der Waals surface area contributed by atoms with Crippen molar-refractivity contribution >= 4 is 17.8 Å². The zero-order valence-electron chi connectivity index (χ0n) is 12.4. The molecule has 0 unspecified atom stereocenters. The molecule has 7 heteroatoms. The number of amides is 2. The second-order valence-corrected chi connectivity index (χ2v) is 5.53. The monoisotopic (exact) mass is 304 g/mol. The molecule has 0 aromatic carbocycles. The maximum absolute atomic E-state index is 12.0. The van der Waals surface area contributed by atoms with Gasteiger partial charge in [-0.25, -0.2) is 9.59 Å². The summed E-state index contributed by atoms with van der Waals surface area (Å²) in [6.07, 6.45) is 5.26. The zero-order valence-corrected chi connectivity index (χ0v) is 12.4. The first kappa shape index (κ1) is 14.6. The van der Waals surface area contributed by atoms with Gasteiger partial charge < -0.3 is 15.0 Å². The number of H-pyrrole nitrogens is 1. The lowest BCUT2D eigenvalue weighted by Gasteiger charge is -2.26. The van der Waals surface area contributed by atoms with Crippen molar-refractivity contribution in [3.63, 3.8) is 0 Å². The molecule has 3 rings (SSSR count). The molecule has 2 aliphatic heterocycles. The number of carbonyl (C=O) groups excluding carboxylic acids is 2. The summed E-state index contributed by atoms with van der Waals surface area (Å²) in [4.78, 5) is 28.9. The smallest absolute Gasteiger partial charge is 0.337 e. The quantitative estimate of drug-likeness (QED) is 0.735. The van der Waals surface area contributed by atoms with Crippen LogP contribution < -0.4 is 10.6 Å². The molecule has 2 amide bonds. The SMILES string of the molecule is O=C(NC1=C(CN2CCCCC2)C(=O)OC1)Nc1ccc[nH]1. The van der Waals surface area contributed by atoms with Gasteiger partial charge in [0.15, 0.2) is 0 Å². The van der Waals surface area contributed by atoms with Crippen molar-refractivity contribution in [1.29, 1.82) is 0 Å². The van der Waals surface area contributed by atoms with E-state index < -0.39 is 0 Å². The lowest BCUT2D eigenvalue weighted by Crippen LogP contribution is -2.34. The highest BCUT2D eigenvalue weighted by molar-refractivity contribution is 5.95. The Bertz CT molecular complexity index is 574. The number of hydrogen-bond acceptors (Lipinski definition) is 4. The number of ether oxygens (including phenoxy) is 1. The molecule has 0 saturated carbocycles. The number of nitrogens with one attached hydrogen (secondary N) is 3. The third kappa shape index (κ3) is 3.48. The largest absolute Gasteiger partial charge is 0.456 e. The zero-order chi connectivity index (χ0) is 15.4. The van der Waals surface area contributed by atoms with Crippen LogP contribution in [0.3, 0.4) is 0 Å². The van der Waals surface area contributed by atoms with Crippen LogP contribution in [0.25, 0.3) is 0 Å². The number of aromatic amines is 1. The van der Waals surface area contributed by atoms with Gasteiger partial charge in [0.05, 0.1) is 11.3 Å². The number of anilines is 1. The number of urea groups is 1. The van der Waals surface area contributed by atoms with Gasteiger partial charge in [-0.05, 0) is 38.1 Å². The summed E-state index contributed by atoms with van der Waals surface area (Å²) in [5, 5.41) is 5.39. The average Bonchev–Trinajstić information content (AvgIpc) is 3.13. The number of esters is 1.